The van der Waals surface area contributed by atoms with Crippen molar-refractivity contribution in [1.29, 1.82) is 0 Å². The van der Waals surface area contributed by atoms with Gasteiger partial charge >= 0.3 is 12.2 Å². The Kier molecular flexibility index (Phi) is 7.09. The largest absolute Gasteiger partial charge is 0.465 e. The Hall–Kier alpha value is -1.53. The number of nitrogens with zero attached hydrogens (tertiary/aromatic N) is 1. The minimum atomic E-state index is -1.05. The highest BCUT2D eigenvalue weighted by Gasteiger charge is 2.27. The van der Waals surface area contributed by atoms with Crippen LogP contribution in [-0.4, -0.2) is 53.6 Å². The molecule has 0 aliphatic heterocycles. The molecule has 0 aromatic heterocycles. The second-order valence-electron chi connectivity index (χ2n) is 7.36. The molecular formula is C16H29FN2O4. The summed E-state index contributed by atoms with van der Waals surface area (Å²) in [6.45, 7) is 5.50. The van der Waals surface area contributed by atoms with Gasteiger partial charge in [-0.15, -0.1) is 0 Å². The van der Waals surface area contributed by atoms with E-state index in [0.717, 1.165) is 17.7 Å². The van der Waals surface area contributed by atoms with Gasteiger partial charge in [0.05, 0.1) is 6.04 Å². The number of hydrogen-bond acceptors (Lipinski definition) is 3. The minimum Gasteiger partial charge on any atom is -0.465 e. The van der Waals surface area contributed by atoms with Gasteiger partial charge in [-0.2, -0.15) is 0 Å². The van der Waals surface area contributed by atoms with Gasteiger partial charge in [0, 0.05) is 13.6 Å². The average Bonchev–Trinajstić information content (AvgIpc) is 2.38. The molecule has 1 aliphatic carbocycles. The van der Waals surface area contributed by atoms with Crippen LogP contribution in [0.4, 0.5) is 14.0 Å². The summed E-state index contributed by atoms with van der Waals surface area (Å²) in [5.74, 6) is 0.295. The van der Waals surface area contributed by atoms with Crippen LogP contribution in [0.15, 0.2) is 0 Å². The van der Waals surface area contributed by atoms with Gasteiger partial charge in [-0.3, -0.25) is 0 Å². The third-order valence-electron chi connectivity index (χ3n) is 3.94. The summed E-state index contributed by atoms with van der Waals surface area (Å²) >= 11 is 0. The second-order valence-corrected chi connectivity index (χ2v) is 7.36. The van der Waals surface area contributed by atoms with Crippen molar-refractivity contribution in [2.45, 2.75) is 70.7 Å². The van der Waals surface area contributed by atoms with E-state index in [-0.39, 0.29) is 12.6 Å². The van der Waals surface area contributed by atoms with Gasteiger partial charge in [0.1, 0.15) is 11.8 Å². The number of nitrogens with one attached hydrogen (secondary N) is 1. The summed E-state index contributed by atoms with van der Waals surface area (Å²) in [5, 5.41) is 11.8. The van der Waals surface area contributed by atoms with Crippen LogP contribution in [0.25, 0.3) is 0 Å². The van der Waals surface area contributed by atoms with Gasteiger partial charge < -0.3 is 20.1 Å². The summed E-state index contributed by atoms with van der Waals surface area (Å²) in [6.07, 6.45) is 0.912. The van der Waals surface area contributed by atoms with Crippen molar-refractivity contribution in [1.82, 2.24) is 10.2 Å². The summed E-state index contributed by atoms with van der Waals surface area (Å²) in [4.78, 5) is 24.1. The van der Waals surface area contributed by atoms with E-state index in [1.807, 2.05) is 0 Å². The molecule has 0 radical (unpaired) electrons. The van der Waals surface area contributed by atoms with Crippen LogP contribution in [0.3, 0.4) is 0 Å². The van der Waals surface area contributed by atoms with Crippen LogP contribution >= 0.6 is 0 Å². The van der Waals surface area contributed by atoms with Crippen LogP contribution in [0.1, 0.15) is 52.9 Å². The van der Waals surface area contributed by atoms with E-state index in [4.69, 9.17) is 9.84 Å². The fraction of sp³-hybridized carbons (Fsp3) is 0.875. The highest BCUT2D eigenvalue weighted by molar-refractivity contribution is 5.68. The van der Waals surface area contributed by atoms with Crippen molar-refractivity contribution in [2.24, 2.45) is 5.92 Å². The van der Waals surface area contributed by atoms with Crippen molar-refractivity contribution in [3.05, 3.63) is 0 Å². The van der Waals surface area contributed by atoms with Gasteiger partial charge in [0.2, 0.25) is 0 Å². The van der Waals surface area contributed by atoms with Gasteiger partial charge in [0.25, 0.3) is 0 Å². The molecule has 134 valence electrons. The van der Waals surface area contributed by atoms with Crippen LogP contribution < -0.4 is 5.32 Å². The summed E-state index contributed by atoms with van der Waals surface area (Å²) in [7, 11) is 1.46. The SMILES string of the molecule is CN(C[C@H](C[C@H]1CC[C@H](F)CC1)NC(=O)OC(C)(C)C)C(=O)O. The maximum absolute atomic E-state index is 13.2. The number of amides is 2. The topological polar surface area (TPSA) is 78.9 Å². The molecule has 1 rings (SSSR count). The molecule has 1 aliphatic rings. The lowest BCUT2D eigenvalue weighted by molar-refractivity contribution is 0.0478. The molecule has 0 aromatic carbocycles. The lowest BCUT2D eigenvalue weighted by Gasteiger charge is -2.31. The monoisotopic (exact) mass is 332 g/mol. The number of ether oxygens (including phenoxy) is 1. The Bertz CT molecular complexity index is 403. The van der Waals surface area contributed by atoms with Gasteiger partial charge in [-0.25, -0.2) is 14.0 Å². The van der Waals surface area contributed by atoms with E-state index in [1.165, 1.54) is 7.05 Å². The first kappa shape index (κ1) is 19.5. The number of carboxylic acid groups (broad SMARTS) is 1. The standard InChI is InChI=1S/C16H29FN2O4/c1-16(2,3)23-14(20)18-13(10-19(4)15(21)22)9-11-5-7-12(17)8-6-11/h11-13H,5-10H2,1-4H3,(H,18,20)(H,21,22)/t11-,12-,13-/m0/s1. The molecule has 2 N–H and O–H groups in total. The highest BCUT2D eigenvalue weighted by atomic mass is 19.1. The van der Waals surface area contributed by atoms with Crippen molar-refractivity contribution in [3.63, 3.8) is 0 Å². The van der Waals surface area contributed by atoms with Crippen LogP contribution in [0.5, 0.6) is 0 Å². The minimum absolute atomic E-state index is 0.185. The first-order valence-electron chi connectivity index (χ1n) is 8.14. The fourth-order valence-electron chi connectivity index (χ4n) is 2.82. The average molecular weight is 332 g/mol. The van der Waals surface area contributed by atoms with E-state index < -0.39 is 24.0 Å². The van der Waals surface area contributed by atoms with Crippen LogP contribution in [0.2, 0.25) is 0 Å². The predicted molar refractivity (Wildman–Crippen MR) is 85.3 cm³/mol. The number of halogens is 1. The summed E-state index contributed by atoms with van der Waals surface area (Å²) in [6, 6.07) is -0.341. The smallest absolute Gasteiger partial charge is 0.407 e. The van der Waals surface area contributed by atoms with Crippen molar-refractivity contribution < 1.29 is 23.8 Å². The molecule has 0 aromatic rings. The van der Waals surface area contributed by atoms with Crippen molar-refractivity contribution >= 4 is 12.2 Å². The lowest BCUT2D eigenvalue weighted by Crippen LogP contribution is -2.46. The van der Waals surface area contributed by atoms with E-state index in [0.29, 0.717) is 25.2 Å². The molecule has 7 heteroatoms. The molecule has 1 fully saturated rings. The summed E-state index contributed by atoms with van der Waals surface area (Å²) < 4.78 is 18.5. The number of rotatable bonds is 5. The molecule has 0 spiro atoms. The molecule has 0 heterocycles. The quantitative estimate of drug-likeness (QED) is 0.808. The summed E-state index contributed by atoms with van der Waals surface area (Å²) in [5.41, 5.74) is -0.611. The number of alkyl carbamates (subject to hydrolysis) is 1. The number of alkyl halides is 1. The zero-order valence-corrected chi connectivity index (χ0v) is 14.5. The molecular weight excluding hydrogens is 303 g/mol. The molecule has 0 bridgehead atoms. The van der Waals surface area contributed by atoms with E-state index >= 15 is 0 Å². The molecule has 0 unspecified atom stereocenters. The van der Waals surface area contributed by atoms with Crippen molar-refractivity contribution in [2.75, 3.05) is 13.6 Å². The predicted octanol–water partition coefficient (Wildman–Crippen LogP) is 3.41. The molecule has 0 saturated heterocycles. The Balaban J connectivity index is 2.61. The maximum Gasteiger partial charge on any atom is 0.407 e. The van der Waals surface area contributed by atoms with E-state index in [1.54, 1.807) is 20.8 Å². The Morgan fingerprint density at radius 1 is 1.30 bits per heavy atom. The van der Waals surface area contributed by atoms with Gasteiger partial charge in [-0.1, -0.05) is 0 Å². The lowest BCUT2D eigenvalue weighted by atomic mass is 9.84. The number of likely N-dealkylation sites (N-methyl/N-ethyl adjacent to an activating group) is 1. The Labute approximate surface area is 137 Å². The van der Waals surface area contributed by atoms with E-state index in [2.05, 4.69) is 5.32 Å². The first-order chi connectivity index (χ1) is 10.6. The second kappa shape index (κ2) is 8.36. The van der Waals surface area contributed by atoms with Gasteiger partial charge in [0.15, 0.2) is 0 Å². The number of carbonyl (C=O) groups is 2. The van der Waals surface area contributed by atoms with Crippen LogP contribution in [0, 0.1) is 5.92 Å². The fourth-order valence-corrected chi connectivity index (χ4v) is 2.82. The maximum atomic E-state index is 13.2. The number of hydrogen-bond donors (Lipinski definition) is 2. The molecule has 1 atom stereocenters. The third-order valence-corrected chi connectivity index (χ3v) is 3.94. The molecule has 1 saturated carbocycles. The zero-order valence-electron chi connectivity index (χ0n) is 14.5. The molecule has 2 amide bonds. The van der Waals surface area contributed by atoms with E-state index in [9.17, 15) is 14.0 Å². The molecule has 6 nitrogen and oxygen atoms in total. The van der Waals surface area contributed by atoms with Crippen molar-refractivity contribution in [3.8, 4) is 0 Å². The molecule has 23 heavy (non-hydrogen) atoms. The normalized spacial score (nSPS) is 23.0. The first-order valence-corrected chi connectivity index (χ1v) is 8.14. The third kappa shape index (κ3) is 8.04. The van der Waals surface area contributed by atoms with Crippen LogP contribution in [-0.2, 0) is 4.74 Å². The number of carbonyl (C=O) groups excluding carboxylic acids is 1. The zero-order chi connectivity index (χ0) is 17.6. The Morgan fingerprint density at radius 3 is 2.35 bits per heavy atom. The Morgan fingerprint density at radius 2 is 1.87 bits per heavy atom. The highest BCUT2D eigenvalue weighted by Crippen LogP contribution is 2.29. The van der Waals surface area contributed by atoms with Gasteiger partial charge in [-0.05, 0) is 58.8 Å².